The smallest absolute Gasteiger partial charge is 0.133 e. The molecule has 0 aliphatic carbocycles. The van der Waals surface area contributed by atoms with Crippen molar-refractivity contribution in [3.8, 4) is 0 Å². The van der Waals surface area contributed by atoms with E-state index in [9.17, 15) is 0 Å². The second-order valence-corrected chi connectivity index (χ2v) is 5.78. The predicted octanol–water partition coefficient (Wildman–Crippen LogP) is 3.46. The van der Waals surface area contributed by atoms with E-state index in [4.69, 9.17) is 0 Å². The summed E-state index contributed by atoms with van der Waals surface area (Å²) in [7, 11) is 0. The van der Waals surface area contributed by atoms with Crippen LogP contribution in [0, 0.1) is 0 Å². The molecule has 0 bridgehead atoms. The summed E-state index contributed by atoms with van der Waals surface area (Å²) in [5.74, 6) is 0.943. The minimum Gasteiger partial charge on any atom is -0.240 e. The van der Waals surface area contributed by atoms with Gasteiger partial charge >= 0.3 is 0 Å². The molecule has 1 aromatic rings. The highest BCUT2D eigenvalue weighted by Gasteiger charge is 2.22. The Balaban J connectivity index is 3.01. The summed E-state index contributed by atoms with van der Waals surface area (Å²) in [5, 5.41) is 0. The van der Waals surface area contributed by atoms with Gasteiger partial charge < -0.3 is 0 Å². The van der Waals surface area contributed by atoms with E-state index < -0.39 is 0 Å². The molecule has 0 amide bonds. The molecule has 0 aliphatic heterocycles. The van der Waals surface area contributed by atoms with Gasteiger partial charge in [0.15, 0.2) is 0 Å². The third-order valence-electron chi connectivity index (χ3n) is 3.01. The Labute approximate surface area is 93.2 Å². The molecule has 0 fully saturated rings. The van der Waals surface area contributed by atoms with Crippen molar-refractivity contribution in [1.82, 2.24) is 9.97 Å². The highest BCUT2D eigenvalue weighted by Crippen LogP contribution is 2.25. The number of hydrogen-bond donors (Lipinski definition) is 0. The van der Waals surface area contributed by atoms with E-state index in [2.05, 4.69) is 51.5 Å². The minimum absolute atomic E-state index is 0.0798. The second-order valence-electron chi connectivity index (χ2n) is 5.78. The van der Waals surface area contributed by atoms with Crippen LogP contribution in [0.15, 0.2) is 12.4 Å². The van der Waals surface area contributed by atoms with E-state index in [0.717, 1.165) is 12.2 Å². The lowest BCUT2D eigenvalue weighted by Crippen LogP contribution is -2.21. The van der Waals surface area contributed by atoms with Crippen LogP contribution in [0.25, 0.3) is 0 Å². The van der Waals surface area contributed by atoms with Crippen molar-refractivity contribution in [3.05, 3.63) is 23.8 Å². The van der Waals surface area contributed by atoms with E-state index in [1.54, 1.807) is 0 Å². The van der Waals surface area contributed by atoms with Crippen LogP contribution >= 0.6 is 0 Å². The van der Waals surface area contributed by atoms with Crippen molar-refractivity contribution in [3.63, 3.8) is 0 Å². The van der Waals surface area contributed by atoms with Crippen molar-refractivity contribution in [2.24, 2.45) is 0 Å². The van der Waals surface area contributed by atoms with E-state index in [1.165, 1.54) is 5.56 Å². The largest absolute Gasteiger partial charge is 0.240 e. The van der Waals surface area contributed by atoms with Crippen molar-refractivity contribution in [2.75, 3.05) is 0 Å². The standard InChI is InChI=1S/C13H22N2/c1-7-13(5,6)11-14-8-10(9-15-11)12(2,3)4/h8-9H,7H2,1-6H3. The first-order chi connectivity index (χ1) is 6.77. The van der Waals surface area contributed by atoms with Crippen LogP contribution in [0.1, 0.15) is 59.4 Å². The maximum absolute atomic E-state index is 4.48. The molecule has 0 spiro atoms. The van der Waals surface area contributed by atoms with E-state index >= 15 is 0 Å². The first-order valence-corrected chi connectivity index (χ1v) is 5.60. The van der Waals surface area contributed by atoms with Crippen LogP contribution in [0.2, 0.25) is 0 Å². The van der Waals surface area contributed by atoms with Crippen LogP contribution in [0.5, 0.6) is 0 Å². The van der Waals surface area contributed by atoms with Gasteiger partial charge in [-0.25, -0.2) is 9.97 Å². The number of aromatic nitrogens is 2. The van der Waals surface area contributed by atoms with Crippen molar-refractivity contribution in [1.29, 1.82) is 0 Å². The molecule has 0 radical (unpaired) electrons. The monoisotopic (exact) mass is 206 g/mol. The molecule has 1 aromatic heterocycles. The summed E-state index contributed by atoms with van der Waals surface area (Å²) in [4.78, 5) is 8.95. The Morgan fingerprint density at radius 3 is 1.80 bits per heavy atom. The highest BCUT2D eigenvalue weighted by atomic mass is 14.9. The number of nitrogens with zero attached hydrogens (tertiary/aromatic N) is 2. The normalized spacial score (nSPS) is 12.9. The summed E-state index contributed by atoms with van der Waals surface area (Å²) >= 11 is 0. The fraction of sp³-hybridized carbons (Fsp3) is 0.692. The van der Waals surface area contributed by atoms with Gasteiger partial charge in [0, 0.05) is 17.8 Å². The summed E-state index contributed by atoms with van der Waals surface area (Å²) < 4.78 is 0. The molecule has 84 valence electrons. The minimum atomic E-state index is 0.0798. The SMILES string of the molecule is CCC(C)(C)c1ncc(C(C)(C)C)cn1. The van der Waals surface area contributed by atoms with E-state index in [0.29, 0.717) is 0 Å². The first kappa shape index (κ1) is 12.2. The molecule has 0 unspecified atom stereocenters. The molecule has 0 atom stereocenters. The zero-order chi connectivity index (χ0) is 11.7. The summed E-state index contributed by atoms with van der Waals surface area (Å²) in [6.45, 7) is 13.1. The third kappa shape index (κ3) is 2.77. The molecule has 0 N–H and O–H groups in total. The van der Waals surface area contributed by atoms with Crippen LogP contribution in [0.3, 0.4) is 0 Å². The van der Waals surface area contributed by atoms with Crippen molar-refractivity contribution >= 4 is 0 Å². The summed E-state index contributed by atoms with van der Waals surface area (Å²) in [6, 6.07) is 0. The Morgan fingerprint density at radius 1 is 1.00 bits per heavy atom. The first-order valence-electron chi connectivity index (χ1n) is 5.60. The Hall–Kier alpha value is -0.920. The molecular weight excluding hydrogens is 184 g/mol. The lowest BCUT2D eigenvalue weighted by molar-refractivity contribution is 0.468. The molecular formula is C13H22N2. The Kier molecular flexibility index (Phi) is 3.17. The fourth-order valence-electron chi connectivity index (χ4n) is 1.22. The molecule has 15 heavy (non-hydrogen) atoms. The summed E-state index contributed by atoms with van der Waals surface area (Å²) in [5.41, 5.74) is 1.41. The van der Waals surface area contributed by atoms with E-state index in [1.807, 2.05) is 12.4 Å². The topological polar surface area (TPSA) is 25.8 Å². The van der Waals surface area contributed by atoms with Gasteiger partial charge in [0.25, 0.3) is 0 Å². The Bertz CT molecular complexity index is 317. The highest BCUT2D eigenvalue weighted by molar-refractivity contribution is 5.17. The number of rotatable bonds is 2. The second kappa shape index (κ2) is 3.92. The van der Waals surface area contributed by atoms with Gasteiger partial charge in [-0.1, -0.05) is 41.5 Å². The van der Waals surface area contributed by atoms with Crippen LogP contribution in [0.4, 0.5) is 0 Å². The maximum atomic E-state index is 4.48. The zero-order valence-electron chi connectivity index (χ0n) is 10.8. The van der Waals surface area contributed by atoms with Crippen molar-refractivity contribution in [2.45, 2.75) is 58.8 Å². The van der Waals surface area contributed by atoms with Gasteiger partial charge in [-0.3, -0.25) is 0 Å². The Morgan fingerprint density at radius 2 is 1.47 bits per heavy atom. The molecule has 0 aromatic carbocycles. The molecule has 0 saturated carbocycles. The average molecular weight is 206 g/mol. The van der Waals surface area contributed by atoms with E-state index in [-0.39, 0.29) is 10.8 Å². The number of hydrogen-bond acceptors (Lipinski definition) is 2. The van der Waals surface area contributed by atoms with Crippen LogP contribution in [-0.4, -0.2) is 9.97 Å². The maximum Gasteiger partial charge on any atom is 0.133 e. The van der Waals surface area contributed by atoms with Crippen LogP contribution in [-0.2, 0) is 10.8 Å². The quantitative estimate of drug-likeness (QED) is 0.740. The van der Waals surface area contributed by atoms with Gasteiger partial charge in [-0.15, -0.1) is 0 Å². The van der Waals surface area contributed by atoms with Gasteiger partial charge in [0.2, 0.25) is 0 Å². The third-order valence-corrected chi connectivity index (χ3v) is 3.01. The van der Waals surface area contributed by atoms with Gasteiger partial charge in [-0.05, 0) is 17.4 Å². The molecule has 2 heteroatoms. The van der Waals surface area contributed by atoms with Gasteiger partial charge in [0.05, 0.1) is 0 Å². The summed E-state index contributed by atoms with van der Waals surface area (Å²) in [6.07, 6.45) is 4.97. The van der Waals surface area contributed by atoms with Gasteiger partial charge in [0.1, 0.15) is 5.82 Å². The molecule has 1 rings (SSSR count). The lowest BCUT2D eigenvalue weighted by atomic mass is 9.87. The average Bonchev–Trinajstić information content (AvgIpc) is 2.17. The fourth-order valence-corrected chi connectivity index (χ4v) is 1.22. The van der Waals surface area contributed by atoms with Crippen LogP contribution < -0.4 is 0 Å². The predicted molar refractivity (Wildman–Crippen MR) is 64.0 cm³/mol. The molecule has 2 nitrogen and oxygen atoms in total. The zero-order valence-corrected chi connectivity index (χ0v) is 10.8. The molecule has 1 heterocycles. The molecule has 0 saturated heterocycles. The van der Waals surface area contributed by atoms with Gasteiger partial charge in [-0.2, -0.15) is 0 Å². The molecule has 0 aliphatic rings. The lowest BCUT2D eigenvalue weighted by Gasteiger charge is -2.23. The van der Waals surface area contributed by atoms with Crippen molar-refractivity contribution < 1.29 is 0 Å².